The first-order valence-corrected chi connectivity index (χ1v) is 29.0. The highest BCUT2D eigenvalue weighted by molar-refractivity contribution is 5.76. The number of ether oxygens (including phenoxy) is 1. The highest BCUT2D eigenvalue weighted by atomic mass is 16.5. The van der Waals surface area contributed by atoms with Gasteiger partial charge in [0, 0.05) is 12.8 Å². The summed E-state index contributed by atoms with van der Waals surface area (Å²) in [5.74, 6) is -0.106. The molecule has 2 unspecified atom stereocenters. The second-order valence-electron chi connectivity index (χ2n) is 20.0. The molecule has 0 fully saturated rings. The van der Waals surface area contributed by atoms with Crippen LogP contribution in [0.25, 0.3) is 0 Å². The van der Waals surface area contributed by atoms with Crippen molar-refractivity contribution in [2.75, 3.05) is 13.2 Å². The van der Waals surface area contributed by atoms with Crippen LogP contribution in [0.3, 0.4) is 0 Å². The smallest absolute Gasteiger partial charge is 0.305 e. The number of aliphatic hydroxyl groups is 2. The van der Waals surface area contributed by atoms with Crippen molar-refractivity contribution in [1.82, 2.24) is 5.32 Å². The predicted octanol–water partition coefficient (Wildman–Crippen LogP) is 17.7. The van der Waals surface area contributed by atoms with Crippen LogP contribution in [-0.2, 0) is 14.3 Å². The zero-order valence-corrected chi connectivity index (χ0v) is 43.3. The van der Waals surface area contributed by atoms with Crippen LogP contribution in [0.15, 0.2) is 12.2 Å². The van der Waals surface area contributed by atoms with Gasteiger partial charge in [-0.3, -0.25) is 9.59 Å². The number of rotatable bonds is 54. The monoisotopic (exact) mass is 904 g/mol. The van der Waals surface area contributed by atoms with E-state index < -0.39 is 12.1 Å². The van der Waals surface area contributed by atoms with Crippen LogP contribution in [0.2, 0.25) is 0 Å². The predicted molar refractivity (Wildman–Crippen MR) is 278 cm³/mol. The van der Waals surface area contributed by atoms with Crippen molar-refractivity contribution in [2.45, 2.75) is 334 Å². The lowest BCUT2D eigenvalue weighted by molar-refractivity contribution is -0.143. The number of aliphatic hydroxyl groups excluding tert-OH is 2. The number of hydrogen-bond donors (Lipinski definition) is 3. The number of unbranched alkanes of at least 4 members (excludes halogenated alkanes) is 43. The highest BCUT2D eigenvalue weighted by Crippen LogP contribution is 2.17. The van der Waals surface area contributed by atoms with Crippen molar-refractivity contribution < 1.29 is 24.5 Å². The van der Waals surface area contributed by atoms with Gasteiger partial charge in [-0.1, -0.05) is 289 Å². The summed E-state index contributed by atoms with van der Waals surface area (Å²) in [5, 5.41) is 23.2. The Hall–Kier alpha value is -1.40. The number of nitrogens with one attached hydrogen (secondary N) is 1. The first kappa shape index (κ1) is 62.6. The van der Waals surface area contributed by atoms with Crippen molar-refractivity contribution in [1.29, 1.82) is 0 Å². The topological polar surface area (TPSA) is 95.9 Å². The summed E-state index contributed by atoms with van der Waals surface area (Å²) < 4.78 is 5.45. The second kappa shape index (κ2) is 54.2. The number of esters is 1. The summed E-state index contributed by atoms with van der Waals surface area (Å²) in [6.07, 6.45) is 63.8. The molecule has 0 spiro atoms. The molecule has 0 aromatic rings. The first-order valence-electron chi connectivity index (χ1n) is 29.0. The standard InChI is InChI=1S/C58H113NO5/c1-3-5-7-9-11-13-15-17-18-19-20-21-22-23-24-25-26-27-28-29-30-34-38-42-46-50-56(61)55(54-60)59-57(62)51-47-43-39-35-32-33-37-41-45-49-53-64-58(63)52-48-44-40-36-31-16-14-12-10-8-6-4-2/h46,50,55-56,60-61H,3-45,47-49,51-54H2,1-2H3,(H,59,62)/b50-46+. The van der Waals surface area contributed by atoms with E-state index in [1.807, 2.05) is 6.08 Å². The molecule has 0 heterocycles. The maximum absolute atomic E-state index is 12.5. The van der Waals surface area contributed by atoms with Crippen molar-refractivity contribution >= 4 is 11.9 Å². The molecular formula is C58H113NO5. The Labute approximate surface area is 399 Å². The van der Waals surface area contributed by atoms with Gasteiger partial charge in [0.15, 0.2) is 0 Å². The van der Waals surface area contributed by atoms with E-state index >= 15 is 0 Å². The lowest BCUT2D eigenvalue weighted by Gasteiger charge is -2.20. The van der Waals surface area contributed by atoms with Crippen LogP contribution in [0.5, 0.6) is 0 Å². The van der Waals surface area contributed by atoms with Crippen molar-refractivity contribution in [3.05, 3.63) is 12.2 Å². The van der Waals surface area contributed by atoms with Crippen LogP contribution in [0.4, 0.5) is 0 Å². The van der Waals surface area contributed by atoms with Gasteiger partial charge >= 0.3 is 5.97 Å². The molecule has 1 amide bonds. The number of hydrogen-bond acceptors (Lipinski definition) is 5. The van der Waals surface area contributed by atoms with Crippen LogP contribution in [0.1, 0.15) is 322 Å². The Morgan fingerprint density at radius 2 is 0.719 bits per heavy atom. The largest absolute Gasteiger partial charge is 0.466 e. The number of carbonyl (C=O) groups excluding carboxylic acids is 2. The molecule has 0 aliphatic carbocycles. The number of amides is 1. The van der Waals surface area contributed by atoms with E-state index in [-0.39, 0.29) is 18.5 Å². The molecule has 2 atom stereocenters. The molecule has 0 aromatic heterocycles. The van der Waals surface area contributed by atoms with Crippen molar-refractivity contribution in [3.63, 3.8) is 0 Å². The third-order valence-corrected chi connectivity index (χ3v) is 13.6. The minimum Gasteiger partial charge on any atom is -0.466 e. The van der Waals surface area contributed by atoms with Gasteiger partial charge in [0.25, 0.3) is 0 Å². The zero-order valence-electron chi connectivity index (χ0n) is 43.3. The van der Waals surface area contributed by atoms with Gasteiger partial charge in [-0.05, 0) is 32.1 Å². The molecule has 6 heteroatoms. The quantitative estimate of drug-likeness (QED) is 0.0321. The summed E-state index contributed by atoms with van der Waals surface area (Å²) in [5.41, 5.74) is 0. The van der Waals surface area contributed by atoms with Crippen LogP contribution in [0, 0.1) is 0 Å². The maximum Gasteiger partial charge on any atom is 0.305 e. The normalized spacial score (nSPS) is 12.6. The molecule has 0 radical (unpaired) electrons. The molecule has 0 bridgehead atoms. The summed E-state index contributed by atoms with van der Waals surface area (Å²) in [6, 6.07) is -0.644. The summed E-state index contributed by atoms with van der Waals surface area (Å²) >= 11 is 0. The van der Waals surface area contributed by atoms with Crippen LogP contribution < -0.4 is 5.32 Å². The Morgan fingerprint density at radius 3 is 1.06 bits per heavy atom. The molecule has 64 heavy (non-hydrogen) atoms. The molecule has 380 valence electrons. The van der Waals surface area contributed by atoms with Crippen LogP contribution in [-0.4, -0.2) is 47.4 Å². The third-order valence-electron chi connectivity index (χ3n) is 13.6. The Morgan fingerprint density at radius 1 is 0.422 bits per heavy atom. The van der Waals surface area contributed by atoms with Gasteiger partial charge < -0.3 is 20.3 Å². The summed E-state index contributed by atoms with van der Waals surface area (Å²) in [7, 11) is 0. The molecule has 0 saturated heterocycles. The lowest BCUT2D eigenvalue weighted by Crippen LogP contribution is -2.45. The molecular weight excluding hydrogens is 791 g/mol. The Balaban J connectivity index is 3.49. The fourth-order valence-electron chi connectivity index (χ4n) is 9.11. The third kappa shape index (κ3) is 50.0. The van der Waals surface area contributed by atoms with Gasteiger partial charge in [0.2, 0.25) is 5.91 Å². The average molecular weight is 905 g/mol. The minimum atomic E-state index is -0.859. The minimum absolute atomic E-state index is 0.0191. The van der Waals surface area contributed by atoms with E-state index in [1.165, 1.54) is 238 Å². The van der Waals surface area contributed by atoms with Gasteiger partial charge in [-0.25, -0.2) is 0 Å². The molecule has 0 saturated carbocycles. The van der Waals surface area contributed by atoms with E-state index in [2.05, 4.69) is 19.2 Å². The zero-order chi connectivity index (χ0) is 46.5. The second-order valence-corrected chi connectivity index (χ2v) is 20.0. The van der Waals surface area contributed by atoms with Gasteiger partial charge in [-0.15, -0.1) is 0 Å². The fraction of sp³-hybridized carbons (Fsp3) is 0.931. The van der Waals surface area contributed by atoms with Crippen molar-refractivity contribution in [3.8, 4) is 0 Å². The Kier molecular flexibility index (Phi) is 53.0. The molecule has 3 N–H and O–H groups in total. The van der Waals surface area contributed by atoms with Crippen molar-refractivity contribution in [2.24, 2.45) is 0 Å². The fourth-order valence-corrected chi connectivity index (χ4v) is 9.11. The van der Waals surface area contributed by atoms with E-state index in [0.29, 0.717) is 19.4 Å². The Bertz CT molecular complexity index is 955. The van der Waals surface area contributed by atoms with E-state index in [0.717, 1.165) is 57.8 Å². The van der Waals surface area contributed by atoms with Gasteiger partial charge in [0.05, 0.1) is 25.4 Å². The molecule has 0 aliphatic heterocycles. The lowest BCUT2D eigenvalue weighted by atomic mass is 10.0. The van der Waals surface area contributed by atoms with E-state index in [1.54, 1.807) is 6.08 Å². The maximum atomic E-state index is 12.5. The SMILES string of the molecule is CCCCCCCCCCCCCCCCCCCCCCCCC/C=C/C(O)C(CO)NC(=O)CCCCCCCCCCCCOC(=O)CCCCCCCCCCCCCC. The van der Waals surface area contributed by atoms with E-state index in [9.17, 15) is 19.8 Å². The van der Waals surface area contributed by atoms with Gasteiger partial charge in [-0.2, -0.15) is 0 Å². The average Bonchev–Trinajstić information content (AvgIpc) is 3.29. The summed E-state index contributed by atoms with van der Waals surface area (Å²) in [6.45, 7) is 4.87. The number of allylic oxidation sites excluding steroid dienone is 1. The number of carbonyl (C=O) groups is 2. The highest BCUT2D eigenvalue weighted by Gasteiger charge is 2.18. The molecule has 0 aromatic carbocycles. The molecule has 0 rings (SSSR count). The molecule has 6 nitrogen and oxygen atoms in total. The van der Waals surface area contributed by atoms with E-state index in [4.69, 9.17) is 4.74 Å². The molecule has 0 aliphatic rings. The van der Waals surface area contributed by atoms with Gasteiger partial charge in [0.1, 0.15) is 0 Å². The van der Waals surface area contributed by atoms with Crippen LogP contribution >= 0.6 is 0 Å². The summed E-state index contributed by atoms with van der Waals surface area (Å²) in [4.78, 5) is 24.5. The first-order chi connectivity index (χ1) is 31.5.